The van der Waals surface area contributed by atoms with Crippen molar-refractivity contribution in [2.75, 3.05) is 18.5 Å². The summed E-state index contributed by atoms with van der Waals surface area (Å²) in [5, 5.41) is 3.22. The Labute approximate surface area is 92.1 Å². The van der Waals surface area contributed by atoms with Crippen LogP contribution < -0.4 is 10.6 Å². The maximum absolute atomic E-state index is 10.8. The molecule has 0 fully saturated rings. The molecule has 3 nitrogen and oxygen atoms in total. The van der Waals surface area contributed by atoms with Gasteiger partial charge in [0.15, 0.2) is 0 Å². The van der Waals surface area contributed by atoms with E-state index in [-0.39, 0.29) is 12.5 Å². The van der Waals surface area contributed by atoms with E-state index in [1.807, 2.05) is 29.5 Å². The lowest BCUT2D eigenvalue weighted by Crippen LogP contribution is -2.30. The number of likely N-dealkylation sites (N-methyl/N-ethyl adjacent to an activating group) is 1. The molecule has 1 heterocycles. The lowest BCUT2D eigenvalue weighted by Gasteiger charge is -2.15. The number of primary amides is 1. The van der Waals surface area contributed by atoms with Crippen LogP contribution in [0.15, 0.2) is 29.6 Å². The lowest BCUT2D eigenvalue weighted by molar-refractivity contribution is -0.116. The van der Waals surface area contributed by atoms with E-state index in [0.717, 1.165) is 5.69 Å². The molecule has 2 N–H and O–H groups in total. The molecule has 0 radical (unpaired) electrons. The molecule has 1 aromatic heterocycles. The average molecular weight is 220 g/mol. The Morgan fingerprint density at radius 3 is 2.93 bits per heavy atom. The Morgan fingerprint density at radius 2 is 2.20 bits per heavy atom. The molecule has 1 aromatic carbocycles. The molecule has 4 heteroatoms. The molecule has 0 aliphatic carbocycles. The standard InChI is InChI=1S/C11H12N2OS/c1-13(6-11(12)14)9-7-15-10-5-3-2-4-8(9)10/h2-5,7H,6H2,1H3,(H2,12,14). The molecule has 0 saturated carbocycles. The molecule has 0 bridgehead atoms. The molecular weight excluding hydrogens is 208 g/mol. The number of nitrogens with two attached hydrogens (primary N) is 1. The van der Waals surface area contributed by atoms with Gasteiger partial charge in [0.05, 0.1) is 12.2 Å². The van der Waals surface area contributed by atoms with Crippen LogP contribution in [-0.2, 0) is 4.79 Å². The van der Waals surface area contributed by atoms with Gasteiger partial charge >= 0.3 is 0 Å². The Bertz CT molecular complexity index is 492. The number of thiophene rings is 1. The molecule has 0 saturated heterocycles. The van der Waals surface area contributed by atoms with Gasteiger partial charge in [0.1, 0.15) is 0 Å². The van der Waals surface area contributed by atoms with E-state index >= 15 is 0 Å². The summed E-state index contributed by atoms with van der Waals surface area (Å²) in [4.78, 5) is 12.7. The minimum Gasteiger partial charge on any atom is -0.368 e. The first kappa shape index (κ1) is 9.98. The Balaban J connectivity index is 2.39. The number of carbonyl (C=O) groups excluding carboxylic acids is 1. The van der Waals surface area contributed by atoms with Gasteiger partial charge in [0, 0.05) is 22.5 Å². The molecule has 0 unspecified atom stereocenters. The van der Waals surface area contributed by atoms with Crippen LogP contribution in [0.2, 0.25) is 0 Å². The van der Waals surface area contributed by atoms with Gasteiger partial charge in [-0.2, -0.15) is 0 Å². The normalized spacial score (nSPS) is 10.5. The number of carbonyl (C=O) groups is 1. The van der Waals surface area contributed by atoms with Crippen molar-refractivity contribution in [2.24, 2.45) is 5.73 Å². The summed E-state index contributed by atoms with van der Waals surface area (Å²) < 4.78 is 1.23. The van der Waals surface area contributed by atoms with E-state index in [1.54, 1.807) is 11.3 Å². The molecule has 2 rings (SSSR count). The third-order valence-electron chi connectivity index (χ3n) is 2.26. The van der Waals surface area contributed by atoms with Crippen molar-refractivity contribution >= 4 is 33.0 Å². The second-order valence-corrected chi connectivity index (χ2v) is 4.35. The van der Waals surface area contributed by atoms with Crippen LogP contribution in [0.4, 0.5) is 5.69 Å². The number of benzene rings is 1. The molecule has 78 valence electrons. The topological polar surface area (TPSA) is 46.3 Å². The summed E-state index contributed by atoms with van der Waals surface area (Å²) in [6.07, 6.45) is 0. The van der Waals surface area contributed by atoms with Crippen molar-refractivity contribution in [3.8, 4) is 0 Å². The SMILES string of the molecule is CN(CC(N)=O)c1csc2ccccc12. The number of hydrogen-bond donors (Lipinski definition) is 1. The van der Waals surface area contributed by atoms with E-state index in [9.17, 15) is 4.79 Å². The Hall–Kier alpha value is -1.55. The Morgan fingerprint density at radius 1 is 1.47 bits per heavy atom. The zero-order chi connectivity index (χ0) is 10.8. The minimum absolute atomic E-state index is 0.251. The van der Waals surface area contributed by atoms with E-state index < -0.39 is 0 Å². The van der Waals surface area contributed by atoms with Crippen LogP contribution in [-0.4, -0.2) is 19.5 Å². The van der Waals surface area contributed by atoms with E-state index in [1.165, 1.54) is 10.1 Å². The fourth-order valence-corrected chi connectivity index (χ4v) is 2.58. The van der Waals surface area contributed by atoms with Gasteiger partial charge in [-0.3, -0.25) is 4.79 Å². The minimum atomic E-state index is -0.312. The third kappa shape index (κ3) is 1.94. The largest absolute Gasteiger partial charge is 0.368 e. The molecular formula is C11H12N2OS. The van der Waals surface area contributed by atoms with Gasteiger partial charge in [0.2, 0.25) is 5.91 Å². The van der Waals surface area contributed by atoms with Gasteiger partial charge in [-0.25, -0.2) is 0 Å². The highest BCUT2D eigenvalue weighted by Crippen LogP contribution is 2.31. The smallest absolute Gasteiger partial charge is 0.236 e. The first-order chi connectivity index (χ1) is 7.18. The predicted octanol–water partition coefficient (Wildman–Crippen LogP) is 1.82. The monoisotopic (exact) mass is 220 g/mol. The number of rotatable bonds is 3. The molecule has 0 aliphatic rings. The fourth-order valence-electron chi connectivity index (χ4n) is 1.58. The molecule has 2 aromatic rings. The molecule has 0 spiro atoms. The maximum Gasteiger partial charge on any atom is 0.236 e. The van der Waals surface area contributed by atoms with Gasteiger partial charge < -0.3 is 10.6 Å². The van der Waals surface area contributed by atoms with Gasteiger partial charge in [-0.05, 0) is 6.07 Å². The highest BCUT2D eigenvalue weighted by atomic mass is 32.1. The van der Waals surface area contributed by atoms with Gasteiger partial charge in [-0.15, -0.1) is 11.3 Å². The van der Waals surface area contributed by atoms with Crippen molar-refractivity contribution in [3.63, 3.8) is 0 Å². The summed E-state index contributed by atoms with van der Waals surface area (Å²) in [5.41, 5.74) is 6.23. The maximum atomic E-state index is 10.8. The summed E-state index contributed by atoms with van der Waals surface area (Å²) in [6.45, 7) is 0.251. The van der Waals surface area contributed by atoms with Crippen LogP contribution >= 0.6 is 11.3 Å². The van der Waals surface area contributed by atoms with E-state index in [0.29, 0.717) is 0 Å². The van der Waals surface area contributed by atoms with Gasteiger partial charge in [-0.1, -0.05) is 18.2 Å². The first-order valence-corrected chi connectivity index (χ1v) is 5.52. The van der Waals surface area contributed by atoms with E-state index in [2.05, 4.69) is 12.1 Å². The summed E-state index contributed by atoms with van der Waals surface area (Å²) in [5.74, 6) is -0.312. The number of anilines is 1. The van der Waals surface area contributed by atoms with Crippen molar-refractivity contribution < 1.29 is 4.79 Å². The summed E-state index contributed by atoms with van der Waals surface area (Å²) in [6, 6.07) is 8.13. The van der Waals surface area contributed by atoms with Crippen LogP contribution in [0.3, 0.4) is 0 Å². The summed E-state index contributed by atoms with van der Waals surface area (Å²) >= 11 is 1.68. The second-order valence-electron chi connectivity index (χ2n) is 3.44. The fraction of sp³-hybridized carbons (Fsp3) is 0.182. The summed E-state index contributed by atoms with van der Waals surface area (Å²) in [7, 11) is 1.87. The highest BCUT2D eigenvalue weighted by molar-refractivity contribution is 7.17. The highest BCUT2D eigenvalue weighted by Gasteiger charge is 2.09. The predicted molar refractivity (Wildman–Crippen MR) is 64.3 cm³/mol. The van der Waals surface area contributed by atoms with Gasteiger partial charge in [0.25, 0.3) is 0 Å². The van der Waals surface area contributed by atoms with Crippen molar-refractivity contribution in [2.45, 2.75) is 0 Å². The number of amides is 1. The molecule has 0 atom stereocenters. The van der Waals surface area contributed by atoms with E-state index in [4.69, 9.17) is 5.73 Å². The average Bonchev–Trinajstić information content (AvgIpc) is 2.59. The zero-order valence-electron chi connectivity index (χ0n) is 8.43. The van der Waals surface area contributed by atoms with Crippen LogP contribution in [0, 0.1) is 0 Å². The zero-order valence-corrected chi connectivity index (χ0v) is 9.25. The molecule has 15 heavy (non-hydrogen) atoms. The lowest BCUT2D eigenvalue weighted by atomic mass is 10.2. The van der Waals surface area contributed by atoms with Crippen molar-refractivity contribution in [1.29, 1.82) is 0 Å². The van der Waals surface area contributed by atoms with Crippen LogP contribution in [0.5, 0.6) is 0 Å². The molecule has 1 amide bonds. The Kier molecular flexibility index (Phi) is 2.60. The van der Waals surface area contributed by atoms with Crippen molar-refractivity contribution in [1.82, 2.24) is 0 Å². The van der Waals surface area contributed by atoms with Crippen LogP contribution in [0.25, 0.3) is 10.1 Å². The number of hydrogen-bond acceptors (Lipinski definition) is 3. The quantitative estimate of drug-likeness (QED) is 0.857. The second kappa shape index (κ2) is 3.90. The number of nitrogens with zero attached hydrogens (tertiary/aromatic N) is 1. The third-order valence-corrected chi connectivity index (χ3v) is 3.22. The van der Waals surface area contributed by atoms with Crippen LogP contribution in [0.1, 0.15) is 0 Å². The number of fused-ring (bicyclic) bond motifs is 1. The first-order valence-electron chi connectivity index (χ1n) is 4.64. The molecule has 0 aliphatic heterocycles. The van der Waals surface area contributed by atoms with Crippen molar-refractivity contribution in [3.05, 3.63) is 29.6 Å².